The van der Waals surface area contributed by atoms with Crippen LogP contribution in [0.3, 0.4) is 0 Å². The summed E-state index contributed by atoms with van der Waals surface area (Å²) in [6.45, 7) is 36.1. The summed E-state index contributed by atoms with van der Waals surface area (Å²) >= 11 is 0. The minimum atomic E-state index is -0.297. The van der Waals surface area contributed by atoms with Crippen LogP contribution in [0.5, 0.6) is 0 Å². The summed E-state index contributed by atoms with van der Waals surface area (Å²) in [4.78, 5) is 8.28. The van der Waals surface area contributed by atoms with Gasteiger partial charge in [0.2, 0.25) is 0 Å². The zero-order valence-electron chi connectivity index (χ0n) is 60.0. The Hall–Kier alpha value is -9.38. The number of hydrogen-bond donors (Lipinski definition) is 0. The Kier molecular flexibility index (Phi) is 15.0. The first-order chi connectivity index (χ1) is 46.8. The van der Waals surface area contributed by atoms with Crippen LogP contribution < -0.4 is 31.1 Å². The van der Waals surface area contributed by atoms with Gasteiger partial charge in [-0.05, 0) is 209 Å². The van der Waals surface area contributed by atoms with Gasteiger partial charge in [-0.1, -0.05) is 291 Å². The lowest BCUT2D eigenvalue weighted by Gasteiger charge is -2.51. The van der Waals surface area contributed by atoms with E-state index in [0.717, 1.165) is 43.4 Å². The lowest BCUT2D eigenvalue weighted by atomic mass is 9.33. The van der Waals surface area contributed by atoms with E-state index in [1.165, 1.54) is 146 Å². The summed E-state index contributed by atoms with van der Waals surface area (Å²) < 4.78 is 0. The Labute approximate surface area is 585 Å². The first-order valence-corrected chi connectivity index (χ1v) is 36.2. The molecule has 0 saturated heterocycles. The maximum atomic E-state index is 5.07. The van der Waals surface area contributed by atoms with Crippen LogP contribution in [-0.2, 0) is 34.5 Å². The lowest BCUT2D eigenvalue weighted by molar-refractivity contribution is 0.195. The van der Waals surface area contributed by atoms with Crippen molar-refractivity contribution >= 4 is 74.2 Å². The standard InChI is InChI=1S/C94H94BN3/c1-61(62-35-41-72(42-36-62)89(2,3)4)87(66-37-43-73(44-38-66)90(5,6)7)69-40-47-82-78(52-69)93(13)49-24-25-50-94(93,14)98(82)76-57-85-88-86(58-76)97(81-48-45-74(91(8,9)10)56-77(81)65-31-22-17-23-32-65)84-55-71-60-92(11,12)59-70(71)53-80(84)95(88)79-46-39-68(64-29-20-16-21-30-64)54-83(79)96(85)75-34-26-33-67(51-75)63-27-18-15-19-28-63/h15-23,26-48,51-58,87H,1,24-25,49-50,59-60H2,2-14H3. The normalized spacial score (nSPS) is 18.5. The maximum Gasteiger partial charge on any atom is 0.252 e. The van der Waals surface area contributed by atoms with Crippen molar-refractivity contribution in [3.63, 3.8) is 0 Å². The highest BCUT2D eigenvalue weighted by Crippen LogP contribution is 2.63. The predicted molar refractivity (Wildman–Crippen MR) is 421 cm³/mol. The fourth-order valence-electron chi connectivity index (χ4n) is 18.0. The van der Waals surface area contributed by atoms with Crippen LogP contribution >= 0.6 is 0 Å². The number of benzene rings is 11. The SMILES string of the molecule is C=C(c1ccc(C(C)(C)C)cc1)C(c1ccc(C(C)(C)C)cc1)c1ccc2c(c1)C1(C)CCCCC1(C)N2c1cc2c3c(c1)N(c1ccc(C(C)(C)C)cc1-c1ccccc1)c1cc4c(cc1B3c1ccc(-c3ccccc3)cc1N2c1cccc(-c2ccccc2)c1)CC(C)(C)C4. The Morgan fingerprint density at radius 3 is 1.57 bits per heavy atom. The summed E-state index contributed by atoms with van der Waals surface area (Å²) in [6, 6.07) is 94.4. The molecule has 16 rings (SSSR count). The van der Waals surface area contributed by atoms with Crippen molar-refractivity contribution in [2.45, 2.75) is 162 Å². The van der Waals surface area contributed by atoms with Crippen molar-refractivity contribution in [2.75, 3.05) is 14.7 Å². The molecular formula is C94H94BN3. The number of fused-ring (bicyclic) bond motifs is 8. The quantitative estimate of drug-likeness (QED) is 0.126. The molecule has 1 fully saturated rings. The van der Waals surface area contributed by atoms with Gasteiger partial charge in [-0.3, -0.25) is 0 Å². The highest BCUT2D eigenvalue weighted by Gasteiger charge is 2.58. The minimum absolute atomic E-state index is 0.0252. The van der Waals surface area contributed by atoms with Gasteiger partial charge in [0.1, 0.15) is 0 Å². The zero-order valence-corrected chi connectivity index (χ0v) is 60.0. The van der Waals surface area contributed by atoms with Crippen LogP contribution in [-0.4, -0.2) is 12.3 Å². The van der Waals surface area contributed by atoms with Crippen LogP contribution in [0.4, 0.5) is 45.5 Å². The Bertz CT molecular complexity index is 4940. The molecule has 0 bridgehead atoms. The molecule has 4 heteroatoms. The monoisotopic (exact) mass is 1280 g/mol. The summed E-state index contributed by atoms with van der Waals surface area (Å²) in [6.07, 6.45) is 6.56. The van der Waals surface area contributed by atoms with Gasteiger partial charge in [0.05, 0.1) is 11.2 Å². The van der Waals surface area contributed by atoms with Crippen LogP contribution in [0.15, 0.2) is 249 Å². The number of allylic oxidation sites excluding steroid dienone is 1. The highest BCUT2D eigenvalue weighted by atomic mass is 15.3. The molecule has 11 aromatic carbocycles. The van der Waals surface area contributed by atoms with Gasteiger partial charge in [-0.25, -0.2) is 0 Å². The van der Waals surface area contributed by atoms with E-state index in [1.54, 1.807) is 0 Å². The smallest absolute Gasteiger partial charge is 0.252 e. The lowest BCUT2D eigenvalue weighted by Crippen LogP contribution is -2.61. The molecule has 0 aromatic heterocycles. The number of nitrogens with zero attached hydrogens (tertiary/aromatic N) is 3. The predicted octanol–water partition coefficient (Wildman–Crippen LogP) is 23.4. The third kappa shape index (κ3) is 10.5. The molecule has 3 nitrogen and oxygen atoms in total. The second-order valence-electron chi connectivity index (χ2n) is 33.7. The van der Waals surface area contributed by atoms with Crippen molar-refractivity contribution in [3.8, 4) is 33.4 Å². The fraction of sp³-hybridized carbons (Fsp3) is 0.277. The van der Waals surface area contributed by atoms with E-state index in [-0.39, 0.29) is 45.2 Å². The van der Waals surface area contributed by atoms with Crippen molar-refractivity contribution in [1.29, 1.82) is 0 Å². The van der Waals surface area contributed by atoms with Crippen LogP contribution in [0.2, 0.25) is 0 Å². The average Bonchev–Trinajstić information content (AvgIpc) is 1.16. The van der Waals surface area contributed by atoms with Crippen molar-refractivity contribution in [1.82, 2.24) is 0 Å². The second-order valence-corrected chi connectivity index (χ2v) is 33.7. The zero-order chi connectivity index (χ0) is 68.0. The van der Waals surface area contributed by atoms with Crippen molar-refractivity contribution in [2.24, 2.45) is 5.41 Å². The molecule has 2 aliphatic carbocycles. The van der Waals surface area contributed by atoms with Gasteiger partial charge in [0.15, 0.2) is 0 Å². The minimum Gasteiger partial charge on any atom is -0.334 e. The Morgan fingerprint density at radius 2 is 0.939 bits per heavy atom. The van der Waals surface area contributed by atoms with Gasteiger partial charge in [-0.15, -0.1) is 0 Å². The molecule has 0 amide bonds. The largest absolute Gasteiger partial charge is 0.334 e. The molecule has 98 heavy (non-hydrogen) atoms. The number of anilines is 8. The van der Waals surface area contributed by atoms with Crippen molar-refractivity contribution < 1.29 is 0 Å². The summed E-state index contributed by atoms with van der Waals surface area (Å²) in [5.41, 5.74) is 33.9. The molecule has 11 aromatic rings. The third-order valence-corrected chi connectivity index (χ3v) is 23.5. The first-order valence-electron chi connectivity index (χ1n) is 36.2. The molecule has 1 saturated carbocycles. The van der Waals surface area contributed by atoms with E-state index in [4.69, 9.17) is 6.58 Å². The van der Waals surface area contributed by atoms with E-state index < -0.39 is 0 Å². The van der Waals surface area contributed by atoms with Gasteiger partial charge in [0.25, 0.3) is 6.71 Å². The van der Waals surface area contributed by atoms with Crippen LogP contribution in [0.1, 0.15) is 172 Å². The van der Waals surface area contributed by atoms with E-state index in [2.05, 4.69) is 347 Å². The molecule has 488 valence electrons. The molecular weight excluding hydrogens is 1180 g/mol. The Balaban J connectivity index is 0.988. The fourth-order valence-corrected chi connectivity index (χ4v) is 18.0. The van der Waals surface area contributed by atoms with E-state index in [9.17, 15) is 0 Å². The topological polar surface area (TPSA) is 9.72 Å². The number of hydrogen-bond acceptors (Lipinski definition) is 3. The van der Waals surface area contributed by atoms with E-state index in [0.29, 0.717) is 0 Å². The first kappa shape index (κ1) is 63.4. The summed E-state index contributed by atoms with van der Waals surface area (Å²) in [7, 11) is 0. The Morgan fingerprint density at radius 1 is 0.408 bits per heavy atom. The molecule has 3 unspecified atom stereocenters. The van der Waals surface area contributed by atoms with E-state index >= 15 is 0 Å². The average molecular weight is 1280 g/mol. The second kappa shape index (κ2) is 23.1. The summed E-state index contributed by atoms with van der Waals surface area (Å²) in [5, 5.41) is 0. The van der Waals surface area contributed by atoms with Crippen molar-refractivity contribution in [3.05, 3.63) is 299 Å². The van der Waals surface area contributed by atoms with Gasteiger partial charge < -0.3 is 14.7 Å². The van der Waals surface area contributed by atoms with Gasteiger partial charge in [0, 0.05) is 56.7 Å². The third-order valence-electron chi connectivity index (χ3n) is 23.5. The molecule has 0 radical (unpaired) electrons. The van der Waals surface area contributed by atoms with E-state index in [1.807, 2.05) is 0 Å². The highest BCUT2D eigenvalue weighted by molar-refractivity contribution is 7.00. The summed E-state index contributed by atoms with van der Waals surface area (Å²) in [5.74, 6) is -0.0716. The van der Waals surface area contributed by atoms with Crippen LogP contribution in [0, 0.1) is 5.41 Å². The molecule has 3 atom stereocenters. The number of rotatable bonds is 10. The molecule has 3 heterocycles. The molecule has 0 N–H and O–H groups in total. The molecule has 0 spiro atoms. The maximum absolute atomic E-state index is 5.07. The van der Waals surface area contributed by atoms with Gasteiger partial charge >= 0.3 is 0 Å². The van der Waals surface area contributed by atoms with Gasteiger partial charge in [-0.2, -0.15) is 0 Å². The van der Waals surface area contributed by atoms with Crippen LogP contribution in [0.25, 0.3) is 39.0 Å². The molecule has 5 aliphatic rings. The molecule has 3 aliphatic heterocycles.